The number of carbonyl (C=O) groups is 1. The van der Waals surface area contributed by atoms with Crippen LogP contribution < -0.4 is 0 Å². The Kier molecular flexibility index (Phi) is 4.80. The van der Waals surface area contributed by atoms with Gasteiger partial charge in [-0.3, -0.25) is 4.79 Å². The molecule has 2 rings (SSSR count). The lowest BCUT2D eigenvalue weighted by Crippen LogP contribution is -2.29. The van der Waals surface area contributed by atoms with Crippen LogP contribution in [0.2, 0.25) is 0 Å². The summed E-state index contributed by atoms with van der Waals surface area (Å²) >= 11 is 0. The van der Waals surface area contributed by atoms with Crippen molar-refractivity contribution in [2.24, 2.45) is 5.92 Å². The van der Waals surface area contributed by atoms with E-state index in [2.05, 4.69) is 0 Å². The van der Waals surface area contributed by atoms with E-state index in [1.165, 1.54) is 0 Å². The Bertz CT molecular complexity index is 251. The number of nitrogens with zero attached hydrogens (tertiary/aromatic N) is 1. The van der Waals surface area contributed by atoms with E-state index in [1.807, 2.05) is 4.90 Å². The summed E-state index contributed by atoms with van der Waals surface area (Å²) in [6.45, 7) is 2.81. The van der Waals surface area contributed by atoms with E-state index in [4.69, 9.17) is 9.84 Å². The van der Waals surface area contributed by atoms with Crippen molar-refractivity contribution in [3.05, 3.63) is 0 Å². The van der Waals surface area contributed by atoms with Crippen molar-refractivity contribution in [2.45, 2.75) is 44.6 Å². The SMILES string of the molecule is O=C(CCC1CCCO1)N1CCC(CCO)C1. The van der Waals surface area contributed by atoms with Crippen molar-refractivity contribution >= 4 is 5.91 Å². The maximum atomic E-state index is 12.0. The van der Waals surface area contributed by atoms with Crippen LogP contribution in [0.1, 0.15) is 38.5 Å². The molecule has 0 bridgehead atoms. The third-order valence-electron chi connectivity index (χ3n) is 3.88. The van der Waals surface area contributed by atoms with Gasteiger partial charge in [0.2, 0.25) is 5.91 Å². The van der Waals surface area contributed by atoms with Gasteiger partial charge in [0.05, 0.1) is 6.10 Å². The molecule has 98 valence electrons. The Hall–Kier alpha value is -0.610. The van der Waals surface area contributed by atoms with Gasteiger partial charge in [0.15, 0.2) is 0 Å². The predicted octanol–water partition coefficient (Wildman–Crippen LogP) is 1.18. The number of hydrogen-bond donors (Lipinski definition) is 1. The molecule has 0 saturated carbocycles. The summed E-state index contributed by atoms with van der Waals surface area (Å²) in [5.74, 6) is 0.771. The number of rotatable bonds is 5. The Balaban J connectivity index is 1.66. The van der Waals surface area contributed by atoms with Gasteiger partial charge < -0.3 is 14.7 Å². The third kappa shape index (κ3) is 3.68. The van der Waals surface area contributed by atoms with Crippen LogP contribution >= 0.6 is 0 Å². The molecule has 2 saturated heterocycles. The smallest absolute Gasteiger partial charge is 0.222 e. The highest BCUT2D eigenvalue weighted by molar-refractivity contribution is 5.76. The highest BCUT2D eigenvalue weighted by Crippen LogP contribution is 2.22. The number of likely N-dealkylation sites (tertiary alicyclic amines) is 1. The van der Waals surface area contributed by atoms with Gasteiger partial charge in [-0.15, -0.1) is 0 Å². The largest absolute Gasteiger partial charge is 0.396 e. The molecule has 2 unspecified atom stereocenters. The maximum absolute atomic E-state index is 12.0. The molecule has 17 heavy (non-hydrogen) atoms. The van der Waals surface area contributed by atoms with Gasteiger partial charge in [-0.1, -0.05) is 0 Å². The Morgan fingerprint density at radius 3 is 2.94 bits per heavy atom. The minimum atomic E-state index is 0.239. The van der Waals surface area contributed by atoms with E-state index in [0.717, 1.165) is 51.8 Å². The minimum absolute atomic E-state index is 0.239. The van der Waals surface area contributed by atoms with Crippen molar-refractivity contribution in [3.63, 3.8) is 0 Å². The van der Waals surface area contributed by atoms with Crippen molar-refractivity contribution in [3.8, 4) is 0 Å². The zero-order chi connectivity index (χ0) is 12.1. The summed E-state index contributed by atoms with van der Waals surface area (Å²) in [5.41, 5.74) is 0. The fourth-order valence-electron chi connectivity index (χ4n) is 2.79. The van der Waals surface area contributed by atoms with Crippen molar-refractivity contribution < 1.29 is 14.6 Å². The second kappa shape index (κ2) is 6.36. The fourth-order valence-corrected chi connectivity index (χ4v) is 2.79. The monoisotopic (exact) mass is 241 g/mol. The molecule has 0 aliphatic carbocycles. The van der Waals surface area contributed by atoms with Gasteiger partial charge in [0.1, 0.15) is 0 Å². The molecule has 4 heteroatoms. The molecule has 0 radical (unpaired) electrons. The molecule has 2 aliphatic heterocycles. The number of amides is 1. The van der Waals surface area contributed by atoms with Gasteiger partial charge in [0.25, 0.3) is 0 Å². The number of aliphatic hydroxyl groups is 1. The van der Waals surface area contributed by atoms with Gasteiger partial charge in [-0.05, 0) is 38.0 Å². The highest BCUT2D eigenvalue weighted by Gasteiger charge is 2.26. The first-order valence-electron chi connectivity index (χ1n) is 6.80. The molecule has 2 heterocycles. The molecule has 1 N–H and O–H groups in total. The van der Waals surface area contributed by atoms with E-state index in [1.54, 1.807) is 0 Å². The third-order valence-corrected chi connectivity index (χ3v) is 3.88. The first-order chi connectivity index (χ1) is 8.29. The molecule has 2 aliphatic rings. The van der Waals surface area contributed by atoms with Crippen LogP contribution in [0.3, 0.4) is 0 Å². The summed E-state index contributed by atoms with van der Waals surface area (Å²) in [7, 11) is 0. The number of aliphatic hydroxyl groups excluding tert-OH is 1. The topological polar surface area (TPSA) is 49.8 Å². The molecule has 0 aromatic heterocycles. The van der Waals surface area contributed by atoms with Crippen LogP contribution in [0.15, 0.2) is 0 Å². The first-order valence-corrected chi connectivity index (χ1v) is 6.80. The molecular formula is C13H23NO3. The fraction of sp³-hybridized carbons (Fsp3) is 0.923. The molecular weight excluding hydrogens is 218 g/mol. The zero-order valence-electron chi connectivity index (χ0n) is 10.4. The Morgan fingerprint density at radius 1 is 1.35 bits per heavy atom. The molecule has 2 atom stereocenters. The summed E-state index contributed by atoms with van der Waals surface area (Å²) in [5, 5.41) is 8.88. The van der Waals surface area contributed by atoms with Crippen molar-refractivity contribution in [1.82, 2.24) is 4.90 Å². The lowest BCUT2D eigenvalue weighted by molar-refractivity contribution is -0.130. The second-order valence-electron chi connectivity index (χ2n) is 5.18. The molecule has 2 fully saturated rings. The molecule has 0 aromatic rings. The first kappa shape index (κ1) is 12.8. The van der Waals surface area contributed by atoms with Gasteiger partial charge in [-0.2, -0.15) is 0 Å². The van der Waals surface area contributed by atoms with Gasteiger partial charge in [0, 0.05) is 32.7 Å². The lowest BCUT2D eigenvalue weighted by Gasteiger charge is -2.17. The average Bonchev–Trinajstić information content (AvgIpc) is 2.97. The van der Waals surface area contributed by atoms with E-state index in [0.29, 0.717) is 18.4 Å². The van der Waals surface area contributed by atoms with E-state index >= 15 is 0 Å². The van der Waals surface area contributed by atoms with E-state index in [9.17, 15) is 4.79 Å². The average molecular weight is 241 g/mol. The van der Waals surface area contributed by atoms with Crippen LogP contribution in [0.25, 0.3) is 0 Å². The number of hydrogen-bond acceptors (Lipinski definition) is 3. The maximum Gasteiger partial charge on any atom is 0.222 e. The minimum Gasteiger partial charge on any atom is -0.396 e. The molecule has 0 aromatic carbocycles. The summed E-state index contributed by atoms with van der Waals surface area (Å²) in [6, 6.07) is 0. The quantitative estimate of drug-likeness (QED) is 0.786. The van der Waals surface area contributed by atoms with Gasteiger partial charge >= 0.3 is 0 Å². The molecule has 0 spiro atoms. The van der Waals surface area contributed by atoms with Crippen molar-refractivity contribution in [1.29, 1.82) is 0 Å². The van der Waals surface area contributed by atoms with E-state index in [-0.39, 0.29) is 12.5 Å². The highest BCUT2D eigenvalue weighted by atomic mass is 16.5. The number of carbonyl (C=O) groups excluding carboxylic acids is 1. The number of ether oxygens (including phenoxy) is 1. The van der Waals surface area contributed by atoms with Crippen LogP contribution in [-0.4, -0.2) is 48.3 Å². The van der Waals surface area contributed by atoms with Crippen LogP contribution in [0.5, 0.6) is 0 Å². The normalized spacial score (nSPS) is 28.9. The summed E-state index contributed by atoms with van der Waals surface area (Å²) in [4.78, 5) is 13.9. The van der Waals surface area contributed by atoms with E-state index < -0.39 is 0 Å². The lowest BCUT2D eigenvalue weighted by atomic mass is 10.1. The Labute approximate surface area is 103 Å². The summed E-state index contributed by atoms with van der Waals surface area (Å²) in [6.07, 6.45) is 5.94. The van der Waals surface area contributed by atoms with Crippen molar-refractivity contribution in [2.75, 3.05) is 26.3 Å². The molecule has 4 nitrogen and oxygen atoms in total. The van der Waals surface area contributed by atoms with Gasteiger partial charge in [-0.25, -0.2) is 0 Å². The van der Waals surface area contributed by atoms with Crippen LogP contribution in [0, 0.1) is 5.92 Å². The zero-order valence-corrected chi connectivity index (χ0v) is 10.4. The molecule has 1 amide bonds. The van der Waals surface area contributed by atoms with Crippen LogP contribution in [-0.2, 0) is 9.53 Å². The standard InChI is InChI=1S/C13H23NO3/c15-8-6-11-5-7-14(10-11)13(16)4-3-12-2-1-9-17-12/h11-12,15H,1-10H2. The Morgan fingerprint density at radius 2 is 2.24 bits per heavy atom. The predicted molar refractivity (Wildman–Crippen MR) is 64.6 cm³/mol. The van der Waals surface area contributed by atoms with Crippen LogP contribution in [0.4, 0.5) is 0 Å². The second-order valence-corrected chi connectivity index (χ2v) is 5.18. The summed E-state index contributed by atoms with van der Waals surface area (Å²) < 4.78 is 5.52.